The average Bonchev–Trinajstić information content (AvgIpc) is 2.19. The first-order valence-corrected chi connectivity index (χ1v) is 4.34. The van der Waals surface area contributed by atoms with Crippen LogP contribution in [-0.4, -0.2) is 6.54 Å². The summed E-state index contributed by atoms with van der Waals surface area (Å²) < 4.78 is 0. The van der Waals surface area contributed by atoms with E-state index in [4.69, 9.17) is 11.5 Å². The van der Waals surface area contributed by atoms with Gasteiger partial charge in [-0.05, 0) is 17.7 Å². The molecule has 0 heterocycles. The molecular weight excluding hydrogens is 160 g/mol. The maximum Gasteiger partial charge on any atom is 0.0245 e. The Morgan fingerprint density at radius 3 is 2.31 bits per heavy atom. The summed E-state index contributed by atoms with van der Waals surface area (Å²) in [6, 6.07) is 7.94. The SMILES string of the molecule is NCCC#Cc1ccc(CN)cc1. The van der Waals surface area contributed by atoms with Crippen LogP contribution in [0.3, 0.4) is 0 Å². The summed E-state index contributed by atoms with van der Waals surface area (Å²) in [4.78, 5) is 0. The fourth-order valence-electron chi connectivity index (χ4n) is 0.961. The zero-order valence-electron chi connectivity index (χ0n) is 7.59. The van der Waals surface area contributed by atoms with Gasteiger partial charge in [-0.3, -0.25) is 0 Å². The van der Waals surface area contributed by atoms with E-state index >= 15 is 0 Å². The summed E-state index contributed by atoms with van der Waals surface area (Å²) in [5.41, 5.74) is 12.9. The topological polar surface area (TPSA) is 52.0 Å². The smallest absolute Gasteiger partial charge is 0.0245 e. The molecule has 13 heavy (non-hydrogen) atoms. The molecule has 1 aromatic rings. The van der Waals surface area contributed by atoms with Gasteiger partial charge in [-0.2, -0.15) is 0 Å². The van der Waals surface area contributed by atoms with E-state index in [0.29, 0.717) is 13.1 Å². The first-order chi connectivity index (χ1) is 6.36. The van der Waals surface area contributed by atoms with Gasteiger partial charge in [-0.1, -0.05) is 24.0 Å². The van der Waals surface area contributed by atoms with Crippen molar-refractivity contribution in [3.8, 4) is 11.8 Å². The van der Waals surface area contributed by atoms with Crippen LogP contribution in [0.1, 0.15) is 17.5 Å². The highest BCUT2D eigenvalue weighted by Gasteiger charge is 1.88. The molecule has 0 aliphatic rings. The van der Waals surface area contributed by atoms with E-state index in [2.05, 4.69) is 11.8 Å². The lowest BCUT2D eigenvalue weighted by atomic mass is 10.1. The van der Waals surface area contributed by atoms with E-state index in [0.717, 1.165) is 17.5 Å². The molecule has 0 saturated heterocycles. The zero-order chi connectivity index (χ0) is 9.52. The summed E-state index contributed by atoms with van der Waals surface area (Å²) in [7, 11) is 0. The van der Waals surface area contributed by atoms with Gasteiger partial charge in [-0.25, -0.2) is 0 Å². The van der Waals surface area contributed by atoms with Gasteiger partial charge in [0.25, 0.3) is 0 Å². The van der Waals surface area contributed by atoms with Gasteiger partial charge in [0.1, 0.15) is 0 Å². The van der Waals surface area contributed by atoms with Crippen molar-refractivity contribution in [3.63, 3.8) is 0 Å². The Morgan fingerprint density at radius 2 is 1.77 bits per heavy atom. The minimum absolute atomic E-state index is 0.580. The van der Waals surface area contributed by atoms with E-state index in [9.17, 15) is 0 Å². The quantitative estimate of drug-likeness (QED) is 0.653. The molecule has 68 valence electrons. The first-order valence-electron chi connectivity index (χ1n) is 4.34. The summed E-state index contributed by atoms with van der Waals surface area (Å²) in [6.45, 7) is 1.20. The molecule has 0 fully saturated rings. The Morgan fingerprint density at radius 1 is 1.08 bits per heavy atom. The Balaban J connectivity index is 2.65. The third-order valence-electron chi connectivity index (χ3n) is 1.69. The van der Waals surface area contributed by atoms with Gasteiger partial charge in [0.2, 0.25) is 0 Å². The predicted octanol–water partition coefficient (Wildman–Crippen LogP) is 0.846. The van der Waals surface area contributed by atoms with Crippen molar-refractivity contribution in [3.05, 3.63) is 35.4 Å². The molecule has 0 aliphatic carbocycles. The van der Waals surface area contributed by atoms with Gasteiger partial charge in [-0.15, -0.1) is 0 Å². The summed E-state index contributed by atoms with van der Waals surface area (Å²) in [6.07, 6.45) is 0.749. The molecule has 0 aromatic heterocycles. The minimum Gasteiger partial charge on any atom is -0.330 e. The third kappa shape index (κ3) is 3.29. The fourth-order valence-corrected chi connectivity index (χ4v) is 0.961. The monoisotopic (exact) mass is 174 g/mol. The van der Waals surface area contributed by atoms with E-state index in [1.807, 2.05) is 24.3 Å². The molecule has 0 unspecified atom stereocenters. The highest BCUT2D eigenvalue weighted by Crippen LogP contribution is 2.01. The van der Waals surface area contributed by atoms with Gasteiger partial charge >= 0.3 is 0 Å². The molecule has 0 radical (unpaired) electrons. The van der Waals surface area contributed by atoms with E-state index in [1.54, 1.807) is 0 Å². The number of hydrogen-bond donors (Lipinski definition) is 2. The number of hydrogen-bond acceptors (Lipinski definition) is 2. The second-order valence-corrected chi connectivity index (χ2v) is 2.74. The molecule has 2 nitrogen and oxygen atoms in total. The Labute approximate surface area is 78.9 Å². The molecule has 0 spiro atoms. The molecule has 0 amide bonds. The second-order valence-electron chi connectivity index (χ2n) is 2.74. The highest BCUT2D eigenvalue weighted by molar-refractivity contribution is 5.36. The molecule has 1 aromatic carbocycles. The predicted molar refractivity (Wildman–Crippen MR) is 54.9 cm³/mol. The maximum absolute atomic E-state index is 5.47. The zero-order valence-corrected chi connectivity index (χ0v) is 7.59. The van der Waals surface area contributed by atoms with Gasteiger partial charge in [0.15, 0.2) is 0 Å². The van der Waals surface area contributed by atoms with Crippen LogP contribution in [0.25, 0.3) is 0 Å². The molecule has 0 atom stereocenters. The molecule has 0 aliphatic heterocycles. The molecule has 0 saturated carbocycles. The molecule has 4 N–H and O–H groups in total. The lowest BCUT2D eigenvalue weighted by Crippen LogP contribution is -1.96. The van der Waals surface area contributed by atoms with Crippen LogP contribution >= 0.6 is 0 Å². The van der Waals surface area contributed by atoms with Crippen LogP contribution in [0.5, 0.6) is 0 Å². The van der Waals surface area contributed by atoms with Crippen molar-refractivity contribution in [2.24, 2.45) is 11.5 Å². The van der Waals surface area contributed by atoms with Crippen molar-refractivity contribution in [1.82, 2.24) is 0 Å². The Hall–Kier alpha value is -1.30. The van der Waals surface area contributed by atoms with Crippen molar-refractivity contribution in [2.45, 2.75) is 13.0 Å². The first kappa shape index (κ1) is 9.79. The summed E-state index contributed by atoms with van der Waals surface area (Å²) in [5, 5.41) is 0. The lowest BCUT2D eigenvalue weighted by Gasteiger charge is -1.94. The van der Waals surface area contributed by atoms with Crippen LogP contribution in [-0.2, 0) is 6.54 Å². The second kappa shape index (κ2) is 5.36. The normalized spacial score (nSPS) is 9.08. The molecular formula is C11H14N2. The molecule has 1 rings (SSSR count). The lowest BCUT2D eigenvalue weighted by molar-refractivity contribution is 1.03. The van der Waals surface area contributed by atoms with E-state index in [1.165, 1.54) is 0 Å². The number of rotatable bonds is 2. The fraction of sp³-hybridized carbons (Fsp3) is 0.273. The van der Waals surface area contributed by atoms with Gasteiger partial charge in [0, 0.05) is 25.1 Å². The van der Waals surface area contributed by atoms with Crippen LogP contribution in [0, 0.1) is 11.8 Å². The van der Waals surface area contributed by atoms with Crippen LogP contribution in [0.4, 0.5) is 0 Å². The highest BCUT2D eigenvalue weighted by atomic mass is 14.5. The minimum atomic E-state index is 0.580. The molecule has 0 bridgehead atoms. The maximum atomic E-state index is 5.47. The van der Waals surface area contributed by atoms with Gasteiger partial charge < -0.3 is 11.5 Å². The third-order valence-corrected chi connectivity index (χ3v) is 1.69. The van der Waals surface area contributed by atoms with Crippen molar-refractivity contribution >= 4 is 0 Å². The Bertz CT molecular complexity index is 303. The van der Waals surface area contributed by atoms with Crippen LogP contribution < -0.4 is 11.5 Å². The Kier molecular flexibility index (Phi) is 4.04. The number of benzene rings is 1. The largest absolute Gasteiger partial charge is 0.330 e. The number of nitrogens with two attached hydrogens (primary N) is 2. The van der Waals surface area contributed by atoms with Crippen molar-refractivity contribution in [2.75, 3.05) is 6.54 Å². The van der Waals surface area contributed by atoms with E-state index < -0.39 is 0 Å². The van der Waals surface area contributed by atoms with Gasteiger partial charge in [0.05, 0.1) is 0 Å². The average molecular weight is 174 g/mol. The van der Waals surface area contributed by atoms with Crippen LogP contribution in [0.15, 0.2) is 24.3 Å². The van der Waals surface area contributed by atoms with Crippen LogP contribution in [0.2, 0.25) is 0 Å². The summed E-state index contributed by atoms with van der Waals surface area (Å²) >= 11 is 0. The van der Waals surface area contributed by atoms with Crippen molar-refractivity contribution in [1.29, 1.82) is 0 Å². The van der Waals surface area contributed by atoms with Crippen molar-refractivity contribution < 1.29 is 0 Å². The summed E-state index contributed by atoms with van der Waals surface area (Å²) in [5.74, 6) is 6.01. The standard InChI is InChI=1S/C11H14N2/c12-8-2-1-3-10-4-6-11(9-13)7-5-10/h4-7H,2,8-9,12-13H2. The van der Waals surface area contributed by atoms with E-state index in [-0.39, 0.29) is 0 Å². The molecule has 2 heteroatoms.